The Kier molecular flexibility index (Phi) is 4.86. The number of hydrogen-bond donors (Lipinski definition) is 2. The summed E-state index contributed by atoms with van der Waals surface area (Å²) in [6, 6.07) is 10.3. The van der Waals surface area contributed by atoms with Gasteiger partial charge in [0.15, 0.2) is 0 Å². The van der Waals surface area contributed by atoms with Gasteiger partial charge < -0.3 is 10.6 Å². The Labute approximate surface area is 114 Å². The molecule has 0 bridgehead atoms. The lowest BCUT2D eigenvalue weighted by Crippen LogP contribution is -2.13. The van der Waals surface area contributed by atoms with Crippen LogP contribution in [0.5, 0.6) is 0 Å². The number of rotatable bonds is 6. The first kappa shape index (κ1) is 13.5. The highest BCUT2D eigenvalue weighted by Crippen LogP contribution is 2.10. The average molecular weight is 256 g/mol. The molecule has 0 atom stereocenters. The van der Waals surface area contributed by atoms with E-state index in [9.17, 15) is 0 Å². The maximum absolute atomic E-state index is 4.49. The van der Waals surface area contributed by atoms with E-state index in [4.69, 9.17) is 0 Å². The molecule has 0 aliphatic heterocycles. The van der Waals surface area contributed by atoms with E-state index in [1.54, 1.807) is 6.20 Å². The van der Waals surface area contributed by atoms with Crippen molar-refractivity contribution in [2.45, 2.75) is 19.9 Å². The summed E-state index contributed by atoms with van der Waals surface area (Å²) in [5.74, 6) is 1.74. The molecule has 0 radical (unpaired) electrons. The van der Waals surface area contributed by atoms with Crippen LogP contribution in [0.25, 0.3) is 0 Å². The number of anilines is 1. The van der Waals surface area contributed by atoms with Crippen molar-refractivity contribution in [2.24, 2.45) is 0 Å². The van der Waals surface area contributed by atoms with Crippen molar-refractivity contribution in [1.29, 1.82) is 0 Å². The van der Waals surface area contributed by atoms with Gasteiger partial charge >= 0.3 is 0 Å². The van der Waals surface area contributed by atoms with E-state index in [0.717, 1.165) is 31.2 Å². The van der Waals surface area contributed by atoms with E-state index >= 15 is 0 Å². The number of likely N-dealkylation sites (N-methyl/N-ethyl adjacent to an activating group) is 1. The van der Waals surface area contributed by atoms with E-state index in [1.807, 2.05) is 13.1 Å². The second-order valence-electron chi connectivity index (χ2n) is 4.49. The van der Waals surface area contributed by atoms with Gasteiger partial charge in [-0.05, 0) is 31.2 Å². The van der Waals surface area contributed by atoms with Crippen molar-refractivity contribution >= 4 is 5.82 Å². The summed E-state index contributed by atoms with van der Waals surface area (Å²) in [7, 11) is 1.93. The summed E-state index contributed by atoms with van der Waals surface area (Å²) < 4.78 is 0. The molecule has 0 spiro atoms. The maximum Gasteiger partial charge on any atom is 0.131 e. The number of benzene rings is 1. The predicted molar refractivity (Wildman–Crippen MR) is 78.2 cm³/mol. The molecule has 19 heavy (non-hydrogen) atoms. The van der Waals surface area contributed by atoms with Crippen LogP contribution in [0.1, 0.15) is 17.0 Å². The quantitative estimate of drug-likeness (QED) is 0.831. The van der Waals surface area contributed by atoms with Crippen molar-refractivity contribution in [3.63, 3.8) is 0 Å². The van der Waals surface area contributed by atoms with Crippen LogP contribution in [0.15, 0.2) is 36.5 Å². The van der Waals surface area contributed by atoms with Crippen molar-refractivity contribution in [1.82, 2.24) is 15.3 Å². The number of aryl methyl sites for hydroxylation is 1. The molecule has 4 heteroatoms. The van der Waals surface area contributed by atoms with E-state index in [-0.39, 0.29) is 0 Å². The zero-order valence-electron chi connectivity index (χ0n) is 11.5. The van der Waals surface area contributed by atoms with Crippen LogP contribution in [0.3, 0.4) is 0 Å². The highest BCUT2D eigenvalue weighted by molar-refractivity contribution is 5.36. The average Bonchev–Trinajstić information content (AvgIpc) is 2.45. The van der Waals surface area contributed by atoms with Crippen molar-refractivity contribution in [3.8, 4) is 0 Å². The predicted octanol–water partition coefficient (Wildman–Crippen LogP) is 2.16. The fourth-order valence-corrected chi connectivity index (χ4v) is 1.85. The molecule has 2 rings (SSSR count). The van der Waals surface area contributed by atoms with Crippen LogP contribution < -0.4 is 10.6 Å². The molecule has 0 unspecified atom stereocenters. The number of nitrogens with one attached hydrogen (secondary N) is 2. The van der Waals surface area contributed by atoms with Gasteiger partial charge in [-0.3, -0.25) is 0 Å². The Morgan fingerprint density at radius 1 is 1.16 bits per heavy atom. The lowest BCUT2D eigenvalue weighted by molar-refractivity contribution is 0.755. The Bertz CT molecular complexity index is 525. The molecule has 2 aromatic rings. The zero-order chi connectivity index (χ0) is 13.5. The Morgan fingerprint density at radius 3 is 2.79 bits per heavy atom. The fourth-order valence-electron chi connectivity index (χ4n) is 1.85. The SMILES string of the molecule is CNCCc1nccc(NCc2ccccc2C)n1. The molecule has 2 N–H and O–H groups in total. The molecule has 0 amide bonds. The number of aromatic nitrogens is 2. The molecule has 0 saturated heterocycles. The summed E-state index contributed by atoms with van der Waals surface area (Å²) in [6.07, 6.45) is 2.65. The van der Waals surface area contributed by atoms with E-state index in [1.165, 1.54) is 11.1 Å². The fraction of sp³-hybridized carbons (Fsp3) is 0.333. The molecular formula is C15H20N4. The first-order valence-corrected chi connectivity index (χ1v) is 6.54. The van der Waals surface area contributed by atoms with Gasteiger partial charge in [0.1, 0.15) is 11.6 Å². The third-order valence-electron chi connectivity index (χ3n) is 3.03. The molecule has 0 saturated carbocycles. The molecule has 1 aromatic heterocycles. The van der Waals surface area contributed by atoms with Gasteiger partial charge in [0, 0.05) is 25.7 Å². The van der Waals surface area contributed by atoms with Gasteiger partial charge in [0.2, 0.25) is 0 Å². The van der Waals surface area contributed by atoms with Gasteiger partial charge in [0.25, 0.3) is 0 Å². The molecule has 0 aliphatic rings. The standard InChI is InChI=1S/C15H20N4/c1-12-5-3-4-6-13(12)11-18-15-8-10-17-14(19-15)7-9-16-2/h3-6,8,10,16H,7,9,11H2,1-2H3,(H,17,18,19). The van der Waals surface area contributed by atoms with E-state index in [2.05, 4.69) is 51.8 Å². The minimum atomic E-state index is 0.787. The molecule has 100 valence electrons. The van der Waals surface area contributed by atoms with Crippen LogP contribution in [-0.2, 0) is 13.0 Å². The molecule has 0 fully saturated rings. The molecular weight excluding hydrogens is 236 g/mol. The molecule has 1 aromatic carbocycles. The summed E-state index contributed by atoms with van der Waals surface area (Å²) in [5.41, 5.74) is 2.58. The lowest BCUT2D eigenvalue weighted by Gasteiger charge is -2.09. The van der Waals surface area contributed by atoms with Crippen molar-refractivity contribution in [2.75, 3.05) is 18.9 Å². The van der Waals surface area contributed by atoms with Crippen molar-refractivity contribution < 1.29 is 0 Å². The largest absolute Gasteiger partial charge is 0.366 e. The lowest BCUT2D eigenvalue weighted by atomic mass is 10.1. The highest BCUT2D eigenvalue weighted by Gasteiger charge is 2.00. The summed E-state index contributed by atoms with van der Waals surface area (Å²) in [6.45, 7) is 3.80. The van der Waals surface area contributed by atoms with Crippen molar-refractivity contribution in [3.05, 3.63) is 53.5 Å². The highest BCUT2D eigenvalue weighted by atomic mass is 15.0. The van der Waals surface area contributed by atoms with Gasteiger partial charge in [-0.1, -0.05) is 24.3 Å². The third kappa shape index (κ3) is 4.03. The molecule has 4 nitrogen and oxygen atoms in total. The molecule has 0 aliphatic carbocycles. The first-order valence-electron chi connectivity index (χ1n) is 6.54. The normalized spacial score (nSPS) is 10.4. The topological polar surface area (TPSA) is 49.8 Å². The maximum atomic E-state index is 4.49. The number of hydrogen-bond acceptors (Lipinski definition) is 4. The second kappa shape index (κ2) is 6.85. The van der Waals surface area contributed by atoms with Crippen LogP contribution >= 0.6 is 0 Å². The number of nitrogens with zero attached hydrogens (tertiary/aromatic N) is 2. The van der Waals surface area contributed by atoms with Crippen LogP contribution in [-0.4, -0.2) is 23.6 Å². The monoisotopic (exact) mass is 256 g/mol. The summed E-state index contributed by atoms with van der Waals surface area (Å²) >= 11 is 0. The minimum absolute atomic E-state index is 0.787. The first-order chi connectivity index (χ1) is 9.29. The van der Waals surface area contributed by atoms with E-state index in [0.29, 0.717) is 0 Å². The molecule has 1 heterocycles. The summed E-state index contributed by atoms with van der Waals surface area (Å²) in [4.78, 5) is 8.75. The van der Waals surface area contributed by atoms with Gasteiger partial charge in [-0.25, -0.2) is 9.97 Å². The van der Waals surface area contributed by atoms with Gasteiger partial charge in [0.05, 0.1) is 0 Å². The van der Waals surface area contributed by atoms with Gasteiger partial charge in [-0.2, -0.15) is 0 Å². The summed E-state index contributed by atoms with van der Waals surface area (Å²) in [5, 5.41) is 6.45. The third-order valence-corrected chi connectivity index (χ3v) is 3.03. The zero-order valence-corrected chi connectivity index (χ0v) is 11.5. The van der Waals surface area contributed by atoms with Crippen LogP contribution in [0.4, 0.5) is 5.82 Å². The minimum Gasteiger partial charge on any atom is -0.366 e. The Morgan fingerprint density at radius 2 is 2.00 bits per heavy atom. The van der Waals surface area contributed by atoms with Crippen LogP contribution in [0.2, 0.25) is 0 Å². The van der Waals surface area contributed by atoms with E-state index < -0.39 is 0 Å². The Hall–Kier alpha value is -1.94. The van der Waals surface area contributed by atoms with Crippen LogP contribution in [0, 0.1) is 6.92 Å². The smallest absolute Gasteiger partial charge is 0.131 e. The Balaban J connectivity index is 1.98. The second-order valence-corrected chi connectivity index (χ2v) is 4.49. The van der Waals surface area contributed by atoms with Gasteiger partial charge in [-0.15, -0.1) is 0 Å².